The van der Waals surface area contributed by atoms with E-state index in [2.05, 4.69) is 29.5 Å². The Kier molecular flexibility index (Phi) is 4.21. The van der Waals surface area contributed by atoms with Crippen molar-refractivity contribution >= 4 is 0 Å². The Hall–Kier alpha value is -1.82. The lowest BCUT2D eigenvalue weighted by molar-refractivity contribution is 0.496. The summed E-state index contributed by atoms with van der Waals surface area (Å²) < 4.78 is 28.2. The molecule has 0 saturated heterocycles. The van der Waals surface area contributed by atoms with Crippen LogP contribution in [-0.4, -0.2) is 21.5 Å². The van der Waals surface area contributed by atoms with Crippen LogP contribution < -0.4 is 5.32 Å². The van der Waals surface area contributed by atoms with Crippen molar-refractivity contribution in [2.24, 2.45) is 5.92 Å². The number of benzene rings is 1. The minimum atomic E-state index is -0.918. The fourth-order valence-electron chi connectivity index (χ4n) is 1.72. The number of nitrogens with one attached hydrogen (secondary N) is 1. The van der Waals surface area contributed by atoms with Crippen molar-refractivity contribution in [1.82, 2.24) is 20.3 Å². The van der Waals surface area contributed by atoms with Gasteiger partial charge in [-0.1, -0.05) is 25.1 Å². The van der Waals surface area contributed by atoms with E-state index in [1.54, 1.807) is 0 Å². The second-order valence-corrected chi connectivity index (χ2v) is 4.73. The van der Waals surface area contributed by atoms with Gasteiger partial charge in [0.05, 0.1) is 11.9 Å². The summed E-state index contributed by atoms with van der Waals surface area (Å²) >= 11 is 0. The fourth-order valence-corrected chi connectivity index (χ4v) is 1.72. The highest BCUT2D eigenvalue weighted by atomic mass is 19.2. The molecule has 1 aromatic heterocycles. The summed E-state index contributed by atoms with van der Waals surface area (Å²) in [5.74, 6) is -1.30. The first-order valence-corrected chi connectivity index (χ1v) is 6.14. The molecule has 1 aromatic carbocycles. The highest BCUT2D eigenvalue weighted by Gasteiger charge is 2.13. The molecule has 19 heavy (non-hydrogen) atoms. The Bertz CT molecular complexity index is 551. The average molecular weight is 266 g/mol. The van der Waals surface area contributed by atoms with Gasteiger partial charge in [0.15, 0.2) is 11.6 Å². The number of aromatic nitrogens is 3. The first-order valence-electron chi connectivity index (χ1n) is 6.14. The van der Waals surface area contributed by atoms with Gasteiger partial charge >= 0.3 is 0 Å². The maximum atomic E-state index is 13.7. The van der Waals surface area contributed by atoms with E-state index in [-0.39, 0.29) is 5.69 Å². The highest BCUT2D eigenvalue weighted by molar-refractivity contribution is 5.34. The lowest BCUT2D eigenvalue weighted by atomic mass is 10.2. The minimum Gasteiger partial charge on any atom is -0.311 e. The zero-order chi connectivity index (χ0) is 13.8. The third kappa shape index (κ3) is 3.14. The van der Waals surface area contributed by atoms with Crippen LogP contribution in [0.5, 0.6) is 0 Å². The number of nitrogens with zero attached hydrogens (tertiary/aromatic N) is 3. The first kappa shape index (κ1) is 13.6. The zero-order valence-electron chi connectivity index (χ0n) is 10.9. The average Bonchev–Trinajstić information content (AvgIpc) is 2.80. The summed E-state index contributed by atoms with van der Waals surface area (Å²) in [7, 11) is 0. The molecular formula is C13H16F2N4. The molecule has 2 rings (SSSR count). The Morgan fingerprint density at radius 1 is 1.32 bits per heavy atom. The monoisotopic (exact) mass is 266 g/mol. The van der Waals surface area contributed by atoms with Crippen molar-refractivity contribution in [2.75, 3.05) is 6.54 Å². The van der Waals surface area contributed by atoms with E-state index in [1.807, 2.05) is 0 Å². The van der Waals surface area contributed by atoms with Crippen molar-refractivity contribution < 1.29 is 8.78 Å². The third-order valence-electron chi connectivity index (χ3n) is 2.64. The molecule has 0 aliphatic rings. The van der Waals surface area contributed by atoms with Gasteiger partial charge in [-0.2, -0.15) is 0 Å². The predicted octanol–water partition coefficient (Wildman–Crippen LogP) is 2.29. The topological polar surface area (TPSA) is 42.7 Å². The van der Waals surface area contributed by atoms with E-state index in [4.69, 9.17) is 0 Å². The Balaban J connectivity index is 2.21. The molecule has 0 spiro atoms. The summed E-state index contributed by atoms with van der Waals surface area (Å²) in [6, 6.07) is 3.99. The van der Waals surface area contributed by atoms with E-state index >= 15 is 0 Å². The van der Waals surface area contributed by atoms with E-state index < -0.39 is 11.6 Å². The molecule has 0 radical (unpaired) electrons. The molecule has 102 valence electrons. The first-order chi connectivity index (χ1) is 9.09. The largest absolute Gasteiger partial charge is 0.311 e. The Morgan fingerprint density at radius 3 is 2.84 bits per heavy atom. The number of hydrogen-bond acceptors (Lipinski definition) is 3. The van der Waals surface area contributed by atoms with Gasteiger partial charge in [0, 0.05) is 6.54 Å². The van der Waals surface area contributed by atoms with E-state index in [9.17, 15) is 8.78 Å². The van der Waals surface area contributed by atoms with E-state index in [1.165, 1.54) is 23.0 Å². The molecule has 0 aliphatic heterocycles. The third-order valence-corrected chi connectivity index (χ3v) is 2.64. The summed E-state index contributed by atoms with van der Waals surface area (Å²) in [5.41, 5.74) is 0.754. The molecule has 0 bridgehead atoms. The second kappa shape index (κ2) is 5.88. The molecule has 0 amide bonds. The van der Waals surface area contributed by atoms with Crippen molar-refractivity contribution in [1.29, 1.82) is 0 Å². The molecule has 1 N–H and O–H groups in total. The molecule has 4 nitrogen and oxygen atoms in total. The summed E-state index contributed by atoms with van der Waals surface area (Å²) in [4.78, 5) is 0. The minimum absolute atomic E-state index is 0.0684. The molecule has 0 atom stereocenters. The fraction of sp³-hybridized carbons (Fsp3) is 0.385. The molecule has 0 aliphatic carbocycles. The van der Waals surface area contributed by atoms with Crippen molar-refractivity contribution in [3.05, 3.63) is 41.7 Å². The van der Waals surface area contributed by atoms with Crippen LogP contribution in [0.25, 0.3) is 5.69 Å². The van der Waals surface area contributed by atoms with Crippen LogP contribution in [0.4, 0.5) is 8.78 Å². The van der Waals surface area contributed by atoms with Gasteiger partial charge in [-0.25, -0.2) is 13.5 Å². The van der Waals surface area contributed by atoms with E-state index in [0.717, 1.165) is 12.6 Å². The van der Waals surface area contributed by atoms with Crippen LogP contribution >= 0.6 is 0 Å². The molecular weight excluding hydrogens is 250 g/mol. The quantitative estimate of drug-likeness (QED) is 0.903. The van der Waals surface area contributed by atoms with Crippen LogP contribution in [0, 0.1) is 17.6 Å². The maximum Gasteiger partial charge on any atom is 0.184 e. The van der Waals surface area contributed by atoms with Crippen LogP contribution in [0.3, 0.4) is 0 Å². The SMILES string of the molecule is CC(C)CNCc1cnnn1-c1cccc(F)c1F. The van der Waals surface area contributed by atoms with Gasteiger partial charge in [0.25, 0.3) is 0 Å². The van der Waals surface area contributed by atoms with Crippen LogP contribution in [0.15, 0.2) is 24.4 Å². The lowest BCUT2D eigenvalue weighted by Gasteiger charge is -2.09. The summed E-state index contributed by atoms with van der Waals surface area (Å²) in [6.07, 6.45) is 1.54. The Labute approximate surface area is 110 Å². The predicted molar refractivity (Wildman–Crippen MR) is 67.8 cm³/mol. The summed E-state index contributed by atoms with van der Waals surface area (Å²) in [5, 5.41) is 10.8. The summed E-state index contributed by atoms with van der Waals surface area (Å²) in [6.45, 7) is 5.52. The molecule has 1 heterocycles. The van der Waals surface area contributed by atoms with E-state index in [0.29, 0.717) is 18.2 Å². The second-order valence-electron chi connectivity index (χ2n) is 4.73. The van der Waals surface area contributed by atoms with Gasteiger partial charge in [-0.3, -0.25) is 0 Å². The van der Waals surface area contributed by atoms with Crippen LogP contribution in [-0.2, 0) is 6.54 Å². The Morgan fingerprint density at radius 2 is 2.11 bits per heavy atom. The molecule has 0 unspecified atom stereocenters. The number of hydrogen-bond donors (Lipinski definition) is 1. The highest BCUT2D eigenvalue weighted by Crippen LogP contribution is 2.16. The van der Waals surface area contributed by atoms with Gasteiger partial charge in [-0.05, 0) is 24.6 Å². The number of halogens is 2. The van der Waals surface area contributed by atoms with Crippen LogP contribution in [0.2, 0.25) is 0 Å². The van der Waals surface area contributed by atoms with Gasteiger partial charge in [-0.15, -0.1) is 5.10 Å². The molecule has 0 fully saturated rings. The smallest absolute Gasteiger partial charge is 0.184 e. The normalized spacial score (nSPS) is 11.2. The maximum absolute atomic E-state index is 13.7. The van der Waals surface area contributed by atoms with Gasteiger partial charge < -0.3 is 5.32 Å². The van der Waals surface area contributed by atoms with Crippen molar-refractivity contribution in [3.8, 4) is 5.69 Å². The number of rotatable bonds is 5. The standard InChI is InChI=1S/C13H16F2N4/c1-9(2)6-16-7-10-8-17-18-19(10)12-5-3-4-11(14)13(12)15/h3-5,8-9,16H,6-7H2,1-2H3. The van der Waals surface area contributed by atoms with Crippen molar-refractivity contribution in [3.63, 3.8) is 0 Å². The van der Waals surface area contributed by atoms with Crippen LogP contribution in [0.1, 0.15) is 19.5 Å². The molecule has 0 saturated carbocycles. The van der Waals surface area contributed by atoms with Gasteiger partial charge in [0.2, 0.25) is 0 Å². The zero-order valence-corrected chi connectivity index (χ0v) is 10.9. The van der Waals surface area contributed by atoms with Crippen molar-refractivity contribution in [2.45, 2.75) is 20.4 Å². The van der Waals surface area contributed by atoms with Gasteiger partial charge in [0.1, 0.15) is 5.69 Å². The lowest BCUT2D eigenvalue weighted by Crippen LogP contribution is -2.21. The molecule has 2 aromatic rings. The molecule has 6 heteroatoms.